The Morgan fingerprint density at radius 3 is 2.74 bits per heavy atom. The fourth-order valence-corrected chi connectivity index (χ4v) is 2.40. The number of hydrogen-bond donors (Lipinski definition) is 1. The highest BCUT2D eigenvalue weighted by Crippen LogP contribution is 2.20. The fraction of sp³-hybridized carbons (Fsp3) is 0.167. The monoisotopic (exact) mass is 330 g/mol. The summed E-state index contributed by atoms with van der Waals surface area (Å²) in [5.41, 5.74) is 2.54. The lowest BCUT2D eigenvalue weighted by atomic mass is 10.1. The van der Waals surface area contributed by atoms with Gasteiger partial charge < -0.3 is 9.73 Å². The van der Waals surface area contributed by atoms with E-state index in [1.807, 2.05) is 24.3 Å². The van der Waals surface area contributed by atoms with E-state index < -0.39 is 0 Å². The largest absolute Gasteiger partial charge is 0.444 e. The summed E-state index contributed by atoms with van der Waals surface area (Å²) in [6.45, 7) is 2.62. The van der Waals surface area contributed by atoms with Gasteiger partial charge in [0.05, 0.1) is 5.69 Å². The number of nitrogens with one attached hydrogen (secondary N) is 1. The van der Waals surface area contributed by atoms with Crippen LogP contribution < -0.4 is 5.32 Å². The Morgan fingerprint density at radius 1 is 1.22 bits per heavy atom. The van der Waals surface area contributed by atoms with Gasteiger partial charge in [-0.05, 0) is 42.8 Å². The van der Waals surface area contributed by atoms with Crippen molar-refractivity contribution < 1.29 is 8.81 Å². The van der Waals surface area contributed by atoms with Crippen LogP contribution in [0, 0.1) is 5.82 Å². The molecule has 1 N–H and O–H groups in total. The molecule has 5 heteroatoms. The van der Waals surface area contributed by atoms with Gasteiger partial charge in [0.2, 0.25) is 5.89 Å². The molecule has 2 aromatic carbocycles. The lowest BCUT2D eigenvalue weighted by molar-refractivity contribution is 0.553. The van der Waals surface area contributed by atoms with Crippen LogP contribution in [0.25, 0.3) is 11.5 Å². The molecule has 0 aliphatic carbocycles. The zero-order valence-corrected chi connectivity index (χ0v) is 13.3. The van der Waals surface area contributed by atoms with Crippen LogP contribution in [-0.2, 0) is 6.54 Å². The third-order valence-corrected chi connectivity index (χ3v) is 3.83. The zero-order valence-electron chi connectivity index (χ0n) is 12.6. The minimum atomic E-state index is -0.309. The van der Waals surface area contributed by atoms with Crippen molar-refractivity contribution in [1.29, 1.82) is 0 Å². The van der Waals surface area contributed by atoms with E-state index in [0.29, 0.717) is 18.0 Å². The van der Waals surface area contributed by atoms with E-state index in [1.54, 1.807) is 18.4 Å². The highest BCUT2D eigenvalue weighted by molar-refractivity contribution is 6.30. The van der Waals surface area contributed by atoms with Gasteiger partial charge in [-0.3, -0.25) is 0 Å². The molecule has 3 aromatic rings. The summed E-state index contributed by atoms with van der Waals surface area (Å²) >= 11 is 5.89. The standard InChI is InChI=1S/C18H16ClFN2O/c1-12(13-5-7-15(19)8-6-13)21-10-17-11-23-18(22-17)14-3-2-4-16(20)9-14/h2-9,11-12,21H,10H2,1H3. The van der Waals surface area contributed by atoms with Crippen molar-refractivity contribution in [2.75, 3.05) is 0 Å². The molecule has 0 amide bonds. The topological polar surface area (TPSA) is 38.1 Å². The van der Waals surface area contributed by atoms with Crippen LogP contribution in [0.15, 0.2) is 59.2 Å². The maximum absolute atomic E-state index is 13.2. The van der Waals surface area contributed by atoms with E-state index >= 15 is 0 Å². The minimum Gasteiger partial charge on any atom is -0.444 e. The zero-order chi connectivity index (χ0) is 16.2. The van der Waals surface area contributed by atoms with E-state index in [1.165, 1.54) is 12.1 Å². The molecule has 3 nitrogen and oxygen atoms in total. The van der Waals surface area contributed by atoms with Gasteiger partial charge in [-0.1, -0.05) is 29.8 Å². The van der Waals surface area contributed by atoms with E-state index in [-0.39, 0.29) is 11.9 Å². The van der Waals surface area contributed by atoms with Gasteiger partial charge in [0.15, 0.2) is 0 Å². The molecule has 0 saturated heterocycles. The molecule has 0 fully saturated rings. The van der Waals surface area contributed by atoms with Crippen molar-refractivity contribution in [2.24, 2.45) is 0 Å². The van der Waals surface area contributed by atoms with Crippen LogP contribution in [0.1, 0.15) is 24.2 Å². The van der Waals surface area contributed by atoms with E-state index in [9.17, 15) is 4.39 Å². The molecule has 0 aliphatic rings. The number of nitrogens with zero attached hydrogens (tertiary/aromatic N) is 1. The highest BCUT2D eigenvalue weighted by atomic mass is 35.5. The molecule has 23 heavy (non-hydrogen) atoms. The first-order chi connectivity index (χ1) is 11.1. The van der Waals surface area contributed by atoms with Gasteiger partial charge in [0, 0.05) is 23.2 Å². The lowest BCUT2D eigenvalue weighted by Gasteiger charge is -2.13. The van der Waals surface area contributed by atoms with Crippen LogP contribution in [0.3, 0.4) is 0 Å². The Hall–Kier alpha value is -2.17. The SMILES string of the molecule is CC(NCc1coc(-c2cccc(F)c2)n1)c1ccc(Cl)cc1. The summed E-state index contributed by atoms with van der Waals surface area (Å²) in [6.07, 6.45) is 1.59. The van der Waals surface area contributed by atoms with Crippen LogP contribution in [0.2, 0.25) is 5.02 Å². The summed E-state index contributed by atoms with van der Waals surface area (Å²) in [7, 11) is 0. The molecule has 1 unspecified atom stereocenters. The van der Waals surface area contributed by atoms with Gasteiger partial charge in [-0.15, -0.1) is 0 Å². The average Bonchev–Trinajstić information content (AvgIpc) is 3.02. The Morgan fingerprint density at radius 2 is 2.00 bits per heavy atom. The first kappa shape index (κ1) is 15.7. The molecule has 0 radical (unpaired) electrons. The van der Waals surface area contributed by atoms with Crippen molar-refractivity contribution in [3.05, 3.63) is 76.9 Å². The molecule has 0 saturated carbocycles. The first-order valence-electron chi connectivity index (χ1n) is 7.31. The van der Waals surface area contributed by atoms with Gasteiger partial charge in [0.1, 0.15) is 12.1 Å². The Labute approximate surface area is 139 Å². The van der Waals surface area contributed by atoms with Crippen molar-refractivity contribution in [2.45, 2.75) is 19.5 Å². The normalized spacial score (nSPS) is 12.3. The number of rotatable bonds is 5. The predicted octanol–water partition coefficient (Wildman–Crippen LogP) is 4.98. The third kappa shape index (κ3) is 3.97. The molecule has 118 valence electrons. The van der Waals surface area contributed by atoms with Gasteiger partial charge >= 0.3 is 0 Å². The molecule has 1 aromatic heterocycles. The number of benzene rings is 2. The molecule has 3 rings (SSSR count). The summed E-state index contributed by atoms with van der Waals surface area (Å²) in [5, 5.41) is 4.09. The number of oxazole rings is 1. The molecule has 0 bridgehead atoms. The summed E-state index contributed by atoms with van der Waals surface area (Å²) < 4.78 is 18.7. The van der Waals surface area contributed by atoms with E-state index in [2.05, 4.69) is 17.2 Å². The van der Waals surface area contributed by atoms with Crippen LogP contribution in [0.4, 0.5) is 4.39 Å². The van der Waals surface area contributed by atoms with Crippen molar-refractivity contribution in [1.82, 2.24) is 10.3 Å². The van der Waals surface area contributed by atoms with Crippen LogP contribution in [-0.4, -0.2) is 4.98 Å². The lowest BCUT2D eigenvalue weighted by Crippen LogP contribution is -2.18. The summed E-state index contributed by atoms with van der Waals surface area (Å²) in [5.74, 6) is 0.109. The first-order valence-corrected chi connectivity index (χ1v) is 7.69. The second-order valence-electron chi connectivity index (χ2n) is 5.31. The molecule has 1 atom stereocenters. The van der Waals surface area contributed by atoms with Crippen LogP contribution >= 0.6 is 11.6 Å². The Bertz CT molecular complexity index is 786. The number of aromatic nitrogens is 1. The van der Waals surface area contributed by atoms with Gasteiger partial charge in [0.25, 0.3) is 0 Å². The maximum Gasteiger partial charge on any atom is 0.226 e. The van der Waals surface area contributed by atoms with Crippen molar-refractivity contribution in [3.63, 3.8) is 0 Å². The van der Waals surface area contributed by atoms with Crippen LogP contribution in [0.5, 0.6) is 0 Å². The van der Waals surface area contributed by atoms with Gasteiger partial charge in [-0.2, -0.15) is 0 Å². The quantitative estimate of drug-likeness (QED) is 0.716. The third-order valence-electron chi connectivity index (χ3n) is 3.58. The number of halogens is 2. The predicted molar refractivity (Wildman–Crippen MR) is 88.6 cm³/mol. The molecule has 0 spiro atoms. The smallest absolute Gasteiger partial charge is 0.226 e. The fourth-order valence-electron chi connectivity index (χ4n) is 2.27. The second kappa shape index (κ2) is 6.94. The van der Waals surface area contributed by atoms with Gasteiger partial charge in [-0.25, -0.2) is 9.37 Å². The minimum absolute atomic E-state index is 0.154. The summed E-state index contributed by atoms with van der Waals surface area (Å²) in [6, 6.07) is 14.1. The highest BCUT2D eigenvalue weighted by Gasteiger charge is 2.09. The van der Waals surface area contributed by atoms with E-state index in [4.69, 9.17) is 16.0 Å². The molecule has 1 heterocycles. The Balaban J connectivity index is 1.64. The maximum atomic E-state index is 13.2. The van der Waals surface area contributed by atoms with Crippen molar-refractivity contribution in [3.8, 4) is 11.5 Å². The summed E-state index contributed by atoms with van der Waals surface area (Å²) in [4.78, 5) is 4.38. The molecular weight excluding hydrogens is 315 g/mol. The molecule has 0 aliphatic heterocycles. The Kier molecular flexibility index (Phi) is 4.74. The second-order valence-corrected chi connectivity index (χ2v) is 5.74. The average molecular weight is 331 g/mol. The van der Waals surface area contributed by atoms with Crippen molar-refractivity contribution >= 4 is 11.6 Å². The molecular formula is C18H16ClFN2O. The number of hydrogen-bond acceptors (Lipinski definition) is 3. The van der Waals surface area contributed by atoms with E-state index in [0.717, 1.165) is 16.3 Å².